The summed E-state index contributed by atoms with van der Waals surface area (Å²) >= 11 is 0. The Bertz CT molecular complexity index is 565. The average molecular weight is 390 g/mol. The van der Waals surface area contributed by atoms with Crippen LogP contribution in [-0.2, 0) is 4.79 Å². The van der Waals surface area contributed by atoms with Crippen molar-refractivity contribution in [1.82, 2.24) is 5.32 Å². The number of rotatable bonds is 5. The summed E-state index contributed by atoms with van der Waals surface area (Å²) in [5.74, 6) is 1.41. The van der Waals surface area contributed by atoms with Crippen molar-refractivity contribution in [2.24, 2.45) is 11.7 Å². The monoisotopic (exact) mass is 389 g/mol. The van der Waals surface area contributed by atoms with Gasteiger partial charge in [-0.05, 0) is 37.3 Å². The number of hydrogen-bond donors (Lipinski definition) is 2. The number of ether oxygens (including phenoxy) is 1. The molecule has 25 heavy (non-hydrogen) atoms. The van der Waals surface area contributed by atoms with E-state index in [1.165, 1.54) is 0 Å². The van der Waals surface area contributed by atoms with E-state index in [1.807, 2.05) is 18.2 Å². The van der Waals surface area contributed by atoms with Gasteiger partial charge in [-0.1, -0.05) is 25.0 Å². The number of methoxy groups -OCH3 is 1. The van der Waals surface area contributed by atoms with Gasteiger partial charge in [0.25, 0.3) is 0 Å². The molecule has 1 aromatic carbocycles. The van der Waals surface area contributed by atoms with E-state index in [2.05, 4.69) is 16.3 Å². The highest BCUT2D eigenvalue weighted by molar-refractivity contribution is 5.86. The molecule has 1 aliphatic carbocycles. The maximum Gasteiger partial charge on any atom is 0.240 e. The van der Waals surface area contributed by atoms with Crippen molar-refractivity contribution in [3.63, 3.8) is 0 Å². The van der Waals surface area contributed by atoms with Crippen LogP contribution < -0.4 is 20.7 Å². The molecule has 0 bridgehead atoms. The van der Waals surface area contributed by atoms with Crippen LogP contribution >= 0.6 is 24.8 Å². The van der Waals surface area contributed by atoms with Gasteiger partial charge in [-0.2, -0.15) is 0 Å². The molecule has 3 N–H and O–H groups in total. The van der Waals surface area contributed by atoms with Gasteiger partial charge in [0.15, 0.2) is 0 Å². The van der Waals surface area contributed by atoms with Crippen LogP contribution in [0, 0.1) is 5.92 Å². The fraction of sp³-hybridized carbons (Fsp3) is 0.611. The molecule has 1 aliphatic heterocycles. The number of nitrogens with zero attached hydrogens (tertiary/aromatic N) is 1. The smallest absolute Gasteiger partial charge is 0.240 e. The van der Waals surface area contributed by atoms with E-state index in [-0.39, 0.29) is 30.7 Å². The lowest BCUT2D eigenvalue weighted by atomic mass is 9.97. The molecule has 142 valence electrons. The predicted octanol–water partition coefficient (Wildman–Crippen LogP) is 2.75. The van der Waals surface area contributed by atoms with Gasteiger partial charge >= 0.3 is 0 Å². The number of anilines is 1. The van der Waals surface area contributed by atoms with Gasteiger partial charge in [0, 0.05) is 19.6 Å². The molecule has 7 heteroatoms. The van der Waals surface area contributed by atoms with E-state index in [9.17, 15) is 4.79 Å². The number of hydrogen-bond acceptors (Lipinski definition) is 4. The predicted molar refractivity (Wildman–Crippen MR) is 106 cm³/mol. The normalized spacial score (nSPS) is 21.2. The fourth-order valence-corrected chi connectivity index (χ4v) is 3.76. The van der Waals surface area contributed by atoms with Gasteiger partial charge in [0.1, 0.15) is 5.75 Å². The molecule has 1 aromatic rings. The van der Waals surface area contributed by atoms with Crippen LogP contribution in [0.15, 0.2) is 24.3 Å². The zero-order valence-electron chi connectivity index (χ0n) is 14.7. The first-order valence-electron chi connectivity index (χ1n) is 8.57. The van der Waals surface area contributed by atoms with Crippen molar-refractivity contribution < 1.29 is 9.53 Å². The molecule has 2 aliphatic rings. The summed E-state index contributed by atoms with van der Waals surface area (Å²) in [6.45, 7) is 2.65. The third kappa shape index (κ3) is 4.93. The minimum Gasteiger partial charge on any atom is -0.495 e. The van der Waals surface area contributed by atoms with E-state index >= 15 is 0 Å². The van der Waals surface area contributed by atoms with Crippen LogP contribution in [0.25, 0.3) is 0 Å². The van der Waals surface area contributed by atoms with Crippen molar-refractivity contribution in [2.45, 2.75) is 37.6 Å². The lowest BCUT2D eigenvalue weighted by Crippen LogP contribution is -2.52. The summed E-state index contributed by atoms with van der Waals surface area (Å²) < 4.78 is 5.44. The number of amides is 1. The highest BCUT2D eigenvalue weighted by Crippen LogP contribution is 2.32. The van der Waals surface area contributed by atoms with Gasteiger partial charge in [0.05, 0.1) is 18.3 Å². The number of nitrogens with one attached hydrogen (secondary N) is 1. The van der Waals surface area contributed by atoms with Gasteiger partial charge in [-0.3, -0.25) is 4.79 Å². The SMILES string of the molecule is COc1ccccc1N1CCC(CNC(=O)C2(N)CCCC2)C1.Cl.Cl. The number of carbonyl (C=O) groups excluding carboxylic acids is 1. The Labute approximate surface area is 162 Å². The topological polar surface area (TPSA) is 67.6 Å². The van der Waals surface area contributed by atoms with Crippen molar-refractivity contribution >= 4 is 36.4 Å². The Morgan fingerprint density at radius 2 is 2.00 bits per heavy atom. The Morgan fingerprint density at radius 3 is 2.68 bits per heavy atom. The molecule has 3 rings (SSSR count). The molecule has 1 atom stereocenters. The maximum absolute atomic E-state index is 12.3. The largest absolute Gasteiger partial charge is 0.495 e. The Kier molecular flexibility index (Phi) is 8.32. The van der Waals surface area contributed by atoms with Crippen molar-refractivity contribution in [3.05, 3.63) is 24.3 Å². The molecular formula is C18H29Cl2N3O2. The fourth-order valence-electron chi connectivity index (χ4n) is 3.76. The second kappa shape index (κ2) is 9.51. The molecule has 0 radical (unpaired) electrons. The third-order valence-electron chi connectivity index (χ3n) is 5.21. The lowest BCUT2D eigenvalue weighted by molar-refractivity contribution is -0.126. The number of nitrogens with two attached hydrogens (primary N) is 1. The van der Waals surface area contributed by atoms with Crippen molar-refractivity contribution in [2.75, 3.05) is 31.6 Å². The first kappa shape index (κ1) is 21.9. The Balaban J connectivity index is 0.00000156. The molecule has 1 unspecified atom stereocenters. The van der Waals surface area contributed by atoms with Crippen molar-refractivity contribution in [3.8, 4) is 5.75 Å². The molecule has 1 amide bonds. The zero-order valence-corrected chi connectivity index (χ0v) is 16.3. The Hall–Kier alpha value is -1.17. The summed E-state index contributed by atoms with van der Waals surface area (Å²) in [6, 6.07) is 8.10. The van der Waals surface area contributed by atoms with E-state index in [0.29, 0.717) is 12.5 Å². The highest BCUT2D eigenvalue weighted by Gasteiger charge is 2.37. The molecular weight excluding hydrogens is 361 g/mol. The number of para-hydroxylation sites is 2. The first-order chi connectivity index (χ1) is 11.1. The van der Waals surface area contributed by atoms with E-state index in [1.54, 1.807) is 7.11 Å². The third-order valence-corrected chi connectivity index (χ3v) is 5.21. The average Bonchev–Trinajstić information content (AvgIpc) is 3.22. The summed E-state index contributed by atoms with van der Waals surface area (Å²) in [5, 5.41) is 3.09. The minimum absolute atomic E-state index is 0. The summed E-state index contributed by atoms with van der Waals surface area (Å²) in [5.41, 5.74) is 6.71. The number of halogens is 2. The van der Waals surface area contributed by atoms with Crippen LogP contribution in [0.1, 0.15) is 32.1 Å². The highest BCUT2D eigenvalue weighted by atomic mass is 35.5. The molecule has 0 aromatic heterocycles. The summed E-state index contributed by atoms with van der Waals surface area (Å²) in [7, 11) is 1.70. The second-order valence-electron chi connectivity index (χ2n) is 6.85. The number of benzene rings is 1. The van der Waals surface area contributed by atoms with Crippen LogP contribution in [0.4, 0.5) is 5.69 Å². The molecule has 1 heterocycles. The van der Waals surface area contributed by atoms with Gasteiger partial charge < -0.3 is 20.7 Å². The van der Waals surface area contributed by atoms with Gasteiger partial charge in [0.2, 0.25) is 5.91 Å². The van der Waals surface area contributed by atoms with E-state index < -0.39 is 5.54 Å². The number of carbonyl (C=O) groups is 1. The van der Waals surface area contributed by atoms with E-state index in [0.717, 1.165) is 56.6 Å². The summed E-state index contributed by atoms with van der Waals surface area (Å²) in [6.07, 6.45) is 4.84. The quantitative estimate of drug-likeness (QED) is 0.812. The molecule has 2 fully saturated rings. The standard InChI is InChI=1S/C18H27N3O2.2ClH/c1-23-16-7-3-2-6-15(16)21-11-8-14(13-21)12-20-17(22)18(19)9-4-5-10-18;;/h2-3,6-7,14H,4-5,8-13,19H2,1H3,(H,20,22);2*1H. The van der Waals surface area contributed by atoms with Gasteiger partial charge in [-0.15, -0.1) is 24.8 Å². The second-order valence-corrected chi connectivity index (χ2v) is 6.85. The molecule has 1 saturated heterocycles. The van der Waals surface area contributed by atoms with Crippen molar-refractivity contribution in [1.29, 1.82) is 0 Å². The molecule has 5 nitrogen and oxygen atoms in total. The van der Waals surface area contributed by atoms with Crippen LogP contribution in [0.3, 0.4) is 0 Å². The van der Waals surface area contributed by atoms with E-state index in [4.69, 9.17) is 10.5 Å². The summed E-state index contributed by atoms with van der Waals surface area (Å²) in [4.78, 5) is 14.6. The Morgan fingerprint density at radius 1 is 1.32 bits per heavy atom. The first-order valence-corrected chi connectivity index (χ1v) is 8.57. The minimum atomic E-state index is -0.624. The van der Waals surface area contributed by atoms with Gasteiger partial charge in [-0.25, -0.2) is 0 Å². The van der Waals surface area contributed by atoms with Crippen LogP contribution in [-0.4, -0.2) is 38.2 Å². The van der Waals surface area contributed by atoms with Crippen LogP contribution in [0.5, 0.6) is 5.75 Å². The lowest BCUT2D eigenvalue weighted by Gasteiger charge is -2.24. The molecule has 0 spiro atoms. The molecule has 1 saturated carbocycles. The maximum atomic E-state index is 12.3. The van der Waals surface area contributed by atoms with Crippen LogP contribution in [0.2, 0.25) is 0 Å². The zero-order chi connectivity index (χ0) is 16.3.